The molecule has 1 aromatic carbocycles. The molecule has 5 heteroatoms. The normalized spacial score (nSPS) is 14.2. The molecule has 102 valence electrons. The molecule has 1 aliphatic rings. The van der Waals surface area contributed by atoms with Gasteiger partial charge in [-0.15, -0.1) is 0 Å². The number of aryl methyl sites for hydroxylation is 1. The molecule has 2 rings (SSSR count). The lowest BCUT2D eigenvalue weighted by Gasteiger charge is -2.20. The van der Waals surface area contributed by atoms with Gasteiger partial charge in [0.05, 0.1) is 5.69 Å². The molecule has 0 bridgehead atoms. The Labute approximate surface area is 120 Å². The van der Waals surface area contributed by atoms with E-state index in [1.54, 1.807) is 6.07 Å². The van der Waals surface area contributed by atoms with E-state index in [1.807, 2.05) is 26.8 Å². The minimum absolute atomic E-state index is 0.152. The second kappa shape index (κ2) is 4.96. The van der Waals surface area contributed by atoms with Crippen LogP contribution in [0.15, 0.2) is 16.6 Å². The van der Waals surface area contributed by atoms with Crippen LogP contribution in [-0.4, -0.2) is 17.5 Å². The van der Waals surface area contributed by atoms with Crippen LogP contribution in [0.2, 0.25) is 0 Å². The SMILES string of the molecule is CC(C)(C)OC(=O)Nc1cc2c(cc1Br)C(=O)CC2. The lowest BCUT2D eigenvalue weighted by molar-refractivity contribution is 0.0635. The molecule has 0 atom stereocenters. The third-order valence-corrected chi connectivity index (χ3v) is 3.41. The van der Waals surface area contributed by atoms with Gasteiger partial charge in [-0.25, -0.2) is 4.79 Å². The number of benzene rings is 1. The highest BCUT2D eigenvalue weighted by molar-refractivity contribution is 9.10. The molecule has 0 heterocycles. The molecule has 1 aliphatic carbocycles. The van der Waals surface area contributed by atoms with Crippen LogP contribution in [-0.2, 0) is 11.2 Å². The molecule has 1 aromatic rings. The van der Waals surface area contributed by atoms with E-state index in [0.29, 0.717) is 16.6 Å². The van der Waals surface area contributed by atoms with Crippen LogP contribution in [0.3, 0.4) is 0 Å². The fourth-order valence-electron chi connectivity index (χ4n) is 1.98. The van der Waals surface area contributed by atoms with Gasteiger partial charge in [0.1, 0.15) is 5.60 Å². The van der Waals surface area contributed by atoms with E-state index in [0.717, 1.165) is 17.5 Å². The number of Topliss-reactive ketones (excluding diaryl/α,β-unsaturated/α-hetero) is 1. The van der Waals surface area contributed by atoms with Crippen molar-refractivity contribution >= 4 is 33.5 Å². The van der Waals surface area contributed by atoms with Crippen LogP contribution in [0.4, 0.5) is 10.5 Å². The van der Waals surface area contributed by atoms with E-state index in [2.05, 4.69) is 21.2 Å². The van der Waals surface area contributed by atoms with E-state index < -0.39 is 11.7 Å². The zero-order valence-corrected chi connectivity index (χ0v) is 12.8. The average Bonchev–Trinajstić information content (AvgIpc) is 2.58. The lowest BCUT2D eigenvalue weighted by Crippen LogP contribution is -2.27. The molecule has 0 aromatic heterocycles. The predicted molar refractivity (Wildman–Crippen MR) is 76.7 cm³/mol. The Balaban J connectivity index is 2.18. The Morgan fingerprint density at radius 3 is 2.63 bits per heavy atom. The van der Waals surface area contributed by atoms with Crippen molar-refractivity contribution in [3.05, 3.63) is 27.7 Å². The van der Waals surface area contributed by atoms with E-state index in [-0.39, 0.29) is 5.78 Å². The first-order valence-corrected chi connectivity index (χ1v) is 6.91. The fraction of sp³-hybridized carbons (Fsp3) is 0.429. The smallest absolute Gasteiger partial charge is 0.412 e. The number of fused-ring (bicyclic) bond motifs is 1. The van der Waals surface area contributed by atoms with Crippen molar-refractivity contribution in [2.24, 2.45) is 0 Å². The van der Waals surface area contributed by atoms with Gasteiger partial charge >= 0.3 is 6.09 Å². The quantitative estimate of drug-likeness (QED) is 0.851. The van der Waals surface area contributed by atoms with Crippen molar-refractivity contribution in [3.63, 3.8) is 0 Å². The number of ether oxygens (including phenoxy) is 1. The molecule has 19 heavy (non-hydrogen) atoms. The van der Waals surface area contributed by atoms with Gasteiger partial charge < -0.3 is 4.74 Å². The summed E-state index contributed by atoms with van der Waals surface area (Å²) < 4.78 is 5.89. The molecule has 1 amide bonds. The van der Waals surface area contributed by atoms with Gasteiger partial charge in [0, 0.05) is 16.5 Å². The summed E-state index contributed by atoms with van der Waals surface area (Å²) in [7, 11) is 0. The van der Waals surface area contributed by atoms with Crippen molar-refractivity contribution in [1.29, 1.82) is 0 Å². The van der Waals surface area contributed by atoms with Gasteiger partial charge in [0.2, 0.25) is 0 Å². The molecule has 0 fully saturated rings. The zero-order chi connectivity index (χ0) is 14.2. The van der Waals surface area contributed by atoms with E-state index in [1.165, 1.54) is 0 Å². The predicted octanol–water partition coefficient (Wildman–Crippen LogP) is 3.93. The molecule has 0 unspecified atom stereocenters. The van der Waals surface area contributed by atoms with Crippen LogP contribution >= 0.6 is 15.9 Å². The summed E-state index contributed by atoms with van der Waals surface area (Å²) in [5, 5.41) is 2.69. The average molecular weight is 326 g/mol. The maximum Gasteiger partial charge on any atom is 0.412 e. The van der Waals surface area contributed by atoms with Crippen LogP contribution in [0, 0.1) is 0 Å². The lowest BCUT2D eigenvalue weighted by atomic mass is 10.1. The van der Waals surface area contributed by atoms with Gasteiger partial charge in [-0.2, -0.15) is 0 Å². The third-order valence-electron chi connectivity index (χ3n) is 2.75. The van der Waals surface area contributed by atoms with Crippen LogP contribution in [0.1, 0.15) is 43.1 Å². The van der Waals surface area contributed by atoms with Crippen molar-refractivity contribution < 1.29 is 14.3 Å². The third kappa shape index (κ3) is 3.35. The van der Waals surface area contributed by atoms with Gasteiger partial charge in [-0.1, -0.05) is 0 Å². The minimum Gasteiger partial charge on any atom is -0.444 e. The minimum atomic E-state index is -0.538. The number of ketones is 1. The van der Waals surface area contributed by atoms with Crippen LogP contribution in [0.25, 0.3) is 0 Å². The van der Waals surface area contributed by atoms with E-state index in [4.69, 9.17) is 4.74 Å². The summed E-state index contributed by atoms with van der Waals surface area (Å²) in [5.41, 5.74) is 1.80. The highest BCUT2D eigenvalue weighted by atomic mass is 79.9. The van der Waals surface area contributed by atoms with E-state index >= 15 is 0 Å². The Morgan fingerprint density at radius 2 is 2.00 bits per heavy atom. The van der Waals surface area contributed by atoms with Crippen molar-refractivity contribution in [2.45, 2.75) is 39.2 Å². The highest BCUT2D eigenvalue weighted by Crippen LogP contribution is 2.32. The summed E-state index contributed by atoms with van der Waals surface area (Å²) >= 11 is 3.36. The first-order valence-electron chi connectivity index (χ1n) is 6.12. The Bertz CT molecular complexity index is 546. The largest absolute Gasteiger partial charge is 0.444 e. The Hall–Kier alpha value is -1.36. The number of halogens is 1. The molecule has 0 radical (unpaired) electrons. The van der Waals surface area contributed by atoms with E-state index in [9.17, 15) is 9.59 Å². The fourth-order valence-corrected chi connectivity index (χ4v) is 2.42. The van der Waals surface area contributed by atoms with Crippen molar-refractivity contribution in [1.82, 2.24) is 0 Å². The summed E-state index contributed by atoms with van der Waals surface area (Å²) in [5.74, 6) is 0.152. The Kier molecular flexibility index (Phi) is 3.67. The summed E-state index contributed by atoms with van der Waals surface area (Å²) in [4.78, 5) is 23.3. The standard InChI is InChI=1S/C14H16BrNO3/c1-14(2,3)19-13(18)16-11-6-8-4-5-12(17)9(8)7-10(11)15/h6-7H,4-5H2,1-3H3,(H,16,18). The maximum atomic E-state index is 11.7. The topological polar surface area (TPSA) is 55.4 Å². The van der Waals surface area contributed by atoms with Crippen molar-refractivity contribution in [2.75, 3.05) is 5.32 Å². The maximum absolute atomic E-state index is 11.7. The number of amides is 1. The molecule has 0 saturated heterocycles. The second-order valence-electron chi connectivity index (χ2n) is 5.54. The highest BCUT2D eigenvalue weighted by Gasteiger charge is 2.22. The van der Waals surface area contributed by atoms with Crippen molar-refractivity contribution in [3.8, 4) is 0 Å². The van der Waals surface area contributed by atoms with Gasteiger partial charge in [-0.3, -0.25) is 10.1 Å². The number of anilines is 1. The second-order valence-corrected chi connectivity index (χ2v) is 6.39. The molecule has 1 N–H and O–H groups in total. The number of rotatable bonds is 1. The molecule has 0 saturated carbocycles. The Morgan fingerprint density at radius 1 is 1.32 bits per heavy atom. The van der Waals surface area contributed by atoms with Gasteiger partial charge in [-0.05, 0) is 60.8 Å². The zero-order valence-electron chi connectivity index (χ0n) is 11.2. The monoisotopic (exact) mass is 325 g/mol. The van der Waals surface area contributed by atoms with Crippen LogP contribution < -0.4 is 5.32 Å². The van der Waals surface area contributed by atoms with Crippen LogP contribution in [0.5, 0.6) is 0 Å². The number of hydrogen-bond acceptors (Lipinski definition) is 3. The first-order chi connectivity index (χ1) is 8.76. The van der Waals surface area contributed by atoms with Gasteiger partial charge in [0.25, 0.3) is 0 Å². The number of nitrogens with one attached hydrogen (secondary N) is 1. The molecular formula is C14H16BrNO3. The number of carbonyl (C=O) groups excluding carboxylic acids is 2. The molecule has 4 nitrogen and oxygen atoms in total. The van der Waals surface area contributed by atoms with Gasteiger partial charge in [0.15, 0.2) is 5.78 Å². The molecule has 0 aliphatic heterocycles. The first kappa shape index (κ1) is 14.1. The molecule has 0 spiro atoms. The molecular weight excluding hydrogens is 310 g/mol. The summed E-state index contributed by atoms with van der Waals surface area (Å²) in [6.45, 7) is 5.43. The number of hydrogen-bond donors (Lipinski definition) is 1. The summed E-state index contributed by atoms with van der Waals surface area (Å²) in [6, 6.07) is 3.59. The summed E-state index contributed by atoms with van der Waals surface area (Å²) in [6.07, 6.45) is 0.764. The number of carbonyl (C=O) groups is 2.